The summed E-state index contributed by atoms with van der Waals surface area (Å²) >= 11 is 0. The van der Waals surface area contributed by atoms with Gasteiger partial charge in [-0.2, -0.15) is 0 Å². The largest absolute Gasteiger partial charge is 0.314 e. The minimum absolute atomic E-state index is 0.822. The lowest BCUT2D eigenvalue weighted by Gasteiger charge is -2.18. The van der Waals surface area contributed by atoms with Gasteiger partial charge >= 0.3 is 0 Å². The van der Waals surface area contributed by atoms with Crippen molar-refractivity contribution in [1.82, 2.24) is 5.32 Å². The van der Waals surface area contributed by atoms with Crippen LogP contribution in [-0.4, -0.2) is 12.6 Å². The summed E-state index contributed by atoms with van der Waals surface area (Å²) in [5.41, 5.74) is 0. The summed E-state index contributed by atoms with van der Waals surface area (Å²) in [6.45, 7) is 3.36. The van der Waals surface area contributed by atoms with E-state index in [0.717, 1.165) is 12.6 Å². The zero-order chi connectivity index (χ0) is 9.36. The van der Waals surface area contributed by atoms with Crippen LogP contribution in [0.5, 0.6) is 0 Å². The Hall–Kier alpha value is -0.0400. The fourth-order valence-corrected chi connectivity index (χ4v) is 2.30. The highest BCUT2D eigenvalue weighted by atomic mass is 14.9. The molecule has 13 heavy (non-hydrogen) atoms. The second-order valence-corrected chi connectivity index (χ2v) is 4.31. The maximum absolute atomic E-state index is 3.60. The molecule has 0 radical (unpaired) electrons. The van der Waals surface area contributed by atoms with E-state index in [9.17, 15) is 0 Å². The van der Waals surface area contributed by atoms with E-state index < -0.39 is 0 Å². The van der Waals surface area contributed by atoms with Crippen LogP contribution in [0, 0.1) is 0 Å². The summed E-state index contributed by atoms with van der Waals surface area (Å²) < 4.78 is 0. The molecule has 0 spiro atoms. The zero-order valence-electron chi connectivity index (χ0n) is 9.15. The molecule has 78 valence electrons. The maximum Gasteiger partial charge on any atom is 0.00669 e. The van der Waals surface area contributed by atoms with E-state index in [1.165, 1.54) is 57.8 Å². The van der Waals surface area contributed by atoms with Gasteiger partial charge in [0.25, 0.3) is 0 Å². The average molecular weight is 183 g/mol. The molecule has 0 heterocycles. The van der Waals surface area contributed by atoms with Gasteiger partial charge in [-0.15, -0.1) is 0 Å². The first-order valence-electron chi connectivity index (χ1n) is 6.17. The molecular weight excluding hydrogens is 158 g/mol. The van der Waals surface area contributed by atoms with Crippen molar-refractivity contribution in [3.8, 4) is 0 Å². The van der Waals surface area contributed by atoms with Gasteiger partial charge in [-0.3, -0.25) is 0 Å². The Bertz CT molecular complexity index is 102. The highest BCUT2D eigenvalue weighted by Crippen LogP contribution is 2.16. The molecule has 0 unspecified atom stereocenters. The van der Waals surface area contributed by atoms with Gasteiger partial charge in [0.15, 0.2) is 0 Å². The molecule has 0 amide bonds. The van der Waals surface area contributed by atoms with Crippen LogP contribution in [0.1, 0.15) is 64.7 Å². The van der Waals surface area contributed by atoms with Crippen LogP contribution in [0.25, 0.3) is 0 Å². The van der Waals surface area contributed by atoms with Gasteiger partial charge in [-0.25, -0.2) is 0 Å². The standard InChI is InChI=1S/C12H25N/c1-2-13-12-10-8-6-4-3-5-7-9-11-12/h12-13H,2-11H2,1H3. The minimum Gasteiger partial charge on any atom is -0.314 e. The lowest BCUT2D eigenvalue weighted by Crippen LogP contribution is -2.28. The zero-order valence-corrected chi connectivity index (χ0v) is 9.15. The number of nitrogens with one attached hydrogen (secondary N) is 1. The number of hydrogen-bond donors (Lipinski definition) is 1. The summed E-state index contributed by atoms with van der Waals surface area (Å²) in [6.07, 6.45) is 13.0. The molecule has 1 nitrogen and oxygen atoms in total. The predicted molar refractivity (Wildman–Crippen MR) is 59.0 cm³/mol. The van der Waals surface area contributed by atoms with E-state index in [2.05, 4.69) is 12.2 Å². The van der Waals surface area contributed by atoms with E-state index in [1.54, 1.807) is 0 Å². The SMILES string of the molecule is CCNC1CCCCCCCCC1. The normalized spacial score (nSPS) is 22.8. The van der Waals surface area contributed by atoms with Crippen molar-refractivity contribution < 1.29 is 0 Å². The molecule has 1 fully saturated rings. The van der Waals surface area contributed by atoms with E-state index in [4.69, 9.17) is 0 Å². The van der Waals surface area contributed by atoms with Crippen LogP contribution >= 0.6 is 0 Å². The van der Waals surface area contributed by atoms with Gasteiger partial charge < -0.3 is 5.32 Å². The monoisotopic (exact) mass is 183 g/mol. The summed E-state index contributed by atoms with van der Waals surface area (Å²) in [7, 11) is 0. The number of rotatable bonds is 2. The van der Waals surface area contributed by atoms with E-state index in [0.29, 0.717) is 0 Å². The average Bonchev–Trinajstić information content (AvgIpc) is 2.16. The molecule has 1 saturated carbocycles. The van der Waals surface area contributed by atoms with Crippen molar-refractivity contribution in [3.05, 3.63) is 0 Å². The van der Waals surface area contributed by atoms with Crippen molar-refractivity contribution >= 4 is 0 Å². The van der Waals surface area contributed by atoms with Gasteiger partial charge in [-0.1, -0.05) is 51.9 Å². The topological polar surface area (TPSA) is 12.0 Å². The van der Waals surface area contributed by atoms with Gasteiger partial charge in [-0.05, 0) is 19.4 Å². The van der Waals surface area contributed by atoms with Crippen molar-refractivity contribution in [1.29, 1.82) is 0 Å². The van der Waals surface area contributed by atoms with Crippen molar-refractivity contribution in [2.45, 2.75) is 70.8 Å². The molecule has 1 aliphatic carbocycles. The molecule has 0 atom stereocenters. The molecule has 0 aromatic heterocycles. The van der Waals surface area contributed by atoms with Gasteiger partial charge in [0.05, 0.1) is 0 Å². The Morgan fingerprint density at radius 3 is 1.77 bits per heavy atom. The van der Waals surface area contributed by atoms with Crippen LogP contribution in [-0.2, 0) is 0 Å². The first-order valence-corrected chi connectivity index (χ1v) is 6.17. The summed E-state index contributed by atoms with van der Waals surface area (Å²) in [5.74, 6) is 0. The second kappa shape index (κ2) is 7.37. The van der Waals surface area contributed by atoms with Gasteiger partial charge in [0.1, 0.15) is 0 Å². The molecule has 0 aromatic rings. The van der Waals surface area contributed by atoms with Crippen LogP contribution in [0.2, 0.25) is 0 Å². The van der Waals surface area contributed by atoms with E-state index in [1.807, 2.05) is 0 Å². The predicted octanol–water partition coefficient (Wildman–Crippen LogP) is 3.49. The molecule has 0 saturated heterocycles. The van der Waals surface area contributed by atoms with Crippen LogP contribution in [0.15, 0.2) is 0 Å². The third-order valence-electron chi connectivity index (χ3n) is 3.10. The van der Waals surface area contributed by atoms with Gasteiger partial charge in [0, 0.05) is 6.04 Å². The van der Waals surface area contributed by atoms with Crippen LogP contribution < -0.4 is 5.32 Å². The Morgan fingerprint density at radius 1 is 0.846 bits per heavy atom. The van der Waals surface area contributed by atoms with Gasteiger partial charge in [0.2, 0.25) is 0 Å². The van der Waals surface area contributed by atoms with Crippen molar-refractivity contribution in [3.63, 3.8) is 0 Å². The quantitative estimate of drug-likeness (QED) is 0.691. The maximum atomic E-state index is 3.60. The van der Waals surface area contributed by atoms with E-state index >= 15 is 0 Å². The fourth-order valence-electron chi connectivity index (χ4n) is 2.30. The minimum atomic E-state index is 0.822. The molecular formula is C12H25N. The van der Waals surface area contributed by atoms with Crippen LogP contribution in [0.3, 0.4) is 0 Å². The second-order valence-electron chi connectivity index (χ2n) is 4.31. The third kappa shape index (κ3) is 5.30. The summed E-state index contributed by atoms with van der Waals surface area (Å²) in [5, 5.41) is 3.60. The molecule has 0 bridgehead atoms. The Balaban J connectivity index is 2.18. The molecule has 1 heteroatoms. The molecule has 1 N–H and O–H groups in total. The highest BCUT2D eigenvalue weighted by molar-refractivity contribution is 4.67. The smallest absolute Gasteiger partial charge is 0.00669 e. The Morgan fingerprint density at radius 2 is 1.31 bits per heavy atom. The lowest BCUT2D eigenvalue weighted by atomic mass is 9.97. The molecule has 1 rings (SSSR count). The van der Waals surface area contributed by atoms with Crippen molar-refractivity contribution in [2.75, 3.05) is 6.54 Å². The fraction of sp³-hybridized carbons (Fsp3) is 1.00. The van der Waals surface area contributed by atoms with E-state index in [-0.39, 0.29) is 0 Å². The first-order chi connectivity index (χ1) is 6.43. The summed E-state index contributed by atoms with van der Waals surface area (Å²) in [4.78, 5) is 0. The molecule has 1 aliphatic rings. The first kappa shape index (κ1) is 11.0. The Kier molecular flexibility index (Phi) is 6.26. The highest BCUT2D eigenvalue weighted by Gasteiger charge is 2.07. The Labute approximate surface area is 83.3 Å². The van der Waals surface area contributed by atoms with Crippen LogP contribution in [0.4, 0.5) is 0 Å². The molecule has 0 aliphatic heterocycles. The number of hydrogen-bond acceptors (Lipinski definition) is 1. The molecule has 0 aromatic carbocycles. The third-order valence-corrected chi connectivity index (χ3v) is 3.10. The van der Waals surface area contributed by atoms with Crippen molar-refractivity contribution in [2.24, 2.45) is 0 Å². The lowest BCUT2D eigenvalue weighted by molar-refractivity contribution is 0.406. The summed E-state index contributed by atoms with van der Waals surface area (Å²) in [6, 6.07) is 0.822.